The molecular weight excluding hydrogens is 218 g/mol. The van der Waals surface area contributed by atoms with Gasteiger partial charge in [0.1, 0.15) is 5.75 Å². The Kier molecular flexibility index (Phi) is 5.35. The Hall–Kier alpha value is -1.60. The van der Waals surface area contributed by atoms with Gasteiger partial charge in [0.05, 0.1) is 0 Å². The number of guanidine groups is 1. The van der Waals surface area contributed by atoms with E-state index in [0.717, 1.165) is 0 Å². The van der Waals surface area contributed by atoms with Gasteiger partial charge in [-0.1, -0.05) is 30.3 Å². The van der Waals surface area contributed by atoms with Gasteiger partial charge in [0.2, 0.25) is 0 Å². The second-order valence-electron chi connectivity index (χ2n) is 2.67. The van der Waals surface area contributed by atoms with E-state index in [0.29, 0.717) is 5.56 Å². The lowest BCUT2D eigenvalue weighted by Gasteiger charge is -1.95. The lowest BCUT2D eigenvalue weighted by molar-refractivity contribution is 0.482. The first-order chi connectivity index (χ1) is 6.81. The molecule has 0 aliphatic heterocycles. The summed E-state index contributed by atoms with van der Waals surface area (Å²) in [4.78, 5) is 0. The van der Waals surface area contributed by atoms with Gasteiger partial charge in [0.25, 0.3) is 10.1 Å². The average molecular weight is 231 g/mol. The van der Waals surface area contributed by atoms with E-state index in [1.165, 1.54) is 0 Å². The average Bonchev–Trinajstić information content (AvgIpc) is 2.01. The van der Waals surface area contributed by atoms with Crippen LogP contribution in [0.2, 0.25) is 0 Å². The van der Waals surface area contributed by atoms with Gasteiger partial charge >= 0.3 is 0 Å². The summed E-state index contributed by atoms with van der Waals surface area (Å²) in [6, 6.07) is 8.52. The summed E-state index contributed by atoms with van der Waals surface area (Å²) in [6.45, 7) is 0. The van der Waals surface area contributed by atoms with Crippen LogP contribution in [0.1, 0.15) is 5.56 Å². The molecule has 0 aliphatic carbocycles. The van der Waals surface area contributed by atoms with Crippen LogP contribution in [-0.2, 0) is 15.9 Å². The van der Waals surface area contributed by atoms with E-state index in [4.69, 9.17) is 9.96 Å². The van der Waals surface area contributed by atoms with Crippen LogP contribution in [-0.4, -0.2) is 18.9 Å². The van der Waals surface area contributed by atoms with E-state index >= 15 is 0 Å². The number of nitrogens with two attached hydrogens (primary N) is 2. The molecule has 15 heavy (non-hydrogen) atoms. The van der Waals surface area contributed by atoms with Crippen molar-refractivity contribution in [1.82, 2.24) is 0 Å². The van der Waals surface area contributed by atoms with Gasteiger partial charge in [0.15, 0.2) is 5.96 Å². The predicted molar refractivity (Wildman–Crippen MR) is 57.8 cm³/mol. The summed E-state index contributed by atoms with van der Waals surface area (Å²) < 4.78 is 29.2. The second-order valence-corrected chi connectivity index (χ2v) is 4.12. The Morgan fingerprint density at radius 2 is 1.67 bits per heavy atom. The third kappa shape index (κ3) is 10.3. The molecule has 1 aromatic carbocycles. The highest BCUT2D eigenvalue weighted by Crippen LogP contribution is 2.02. The monoisotopic (exact) mass is 231 g/mol. The molecule has 6 N–H and O–H groups in total. The molecule has 0 aromatic heterocycles. The topological polar surface area (TPSA) is 130 Å². The summed E-state index contributed by atoms with van der Waals surface area (Å²) in [7, 11) is -3.88. The van der Waals surface area contributed by atoms with Crippen LogP contribution in [0.15, 0.2) is 30.3 Å². The fourth-order valence-electron chi connectivity index (χ4n) is 0.785. The molecule has 0 saturated heterocycles. The van der Waals surface area contributed by atoms with Gasteiger partial charge in [-0.15, -0.1) is 0 Å². The second kappa shape index (κ2) is 5.99. The highest BCUT2D eigenvalue weighted by atomic mass is 32.2. The molecule has 1 aromatic rings. The molecule has 6 nitrogen and oxygen atoms in total. The van der Waals surface area contributed by atoms with Gasteiger partial charge < -0.3 is 11.5 Å². The van der Waals surface area contributed by atoms with Crippen LogP contribution in [0.25, 0.3) is 0 Å². The van der Waals surface area contributed by atoms with E-state index in [9.17, 15) is 8.42 Å². The zero-order valence-electron chi connectivity index (χ0n) is 7.92. The van der Waals surface area contributed by atoms with Crippen molar-refractivity contribution in [2.45, 2.75) is 5.75 Å². The van der Waals surface area contributed by atoms with Crippen LogP contribution in [0.4, 0.5) is 0 Å². The van der Waals surface area contributed by atoms with Gasteiger partial charge in [-0.3, -0.25) is 9.96 Å². The van der Waals surface area contributed by atoms with Crippen LogP contribution in [0, 0.1) is 5.41 Å². The Bertz CT molecular complexity index is 398. The minimum absolute atomic E-state index is 0.312. The quantitative estimate of drug-likeness (QED) is 0.321. The molecule has 7 heteroatoms. The van der Waals surface area contributed by atoms with Gasteiger partial charge in [0, 0.05) is 0 Å². The van der Waals surface area contributed by atoms with E-state index in [2.05, 4.69) is 11.5 Å². The van der Waals surface area contributed by atoms with Crippen molar-refractivity contribution in [3.05, 3.63) is 35.9 Å². The maximum Gasteiger partial charge on any atom is 0.269 e. The molecule has 84 valence electrons. The Balaban J connectivity index is 0.000000423. The summed E-state index contributed by atoms with van der Waals surface area (Å²) in [5.41, 5.74) is 9.54. The summed E-state index contributed by atoms with van der Waals surface area (Å²) in [6.07, 6.45) is 0. The Morgan fingerprint density at radius 3 is 2.00 bits per heavy atom. The molecule has 0 saturated carbocycles. The highest BCUT2D eigenvalue weighted by Gasteiger charge is 2.04. The Labute approximate surface area is 88.2 Å². The number of nitrogens with one attached hydrogen (secondary N) is 1. The molecule has 0 aliphatic rings. The highest BCUT2D eigenvalue weighted by molar-refractivity contribution is 7.85. The van der Waals surface area contributed by atoms with E-state index in [1.807, 2.05) is 0 Å². The standard InChI is InChI=1S/C7H8O3S.CH5N3/c8-11(9,10)6-7-4-2-1-3-5-7;2-1(3)4/h1-5H,6H2,(H,8,9,10);(H5,2,3,4). The van der Waals surface area contributed by atoms with Crippen molar-refractivity contribution in [3.8, 4) is 0 Å². The maximum atomic E-state index is 10.4. The summed E-state index contributed by atoms with van der Waals surface area (Å²) in [5.74, 6) is -0.645. The third-order valence-electron chi connectivity index (χ3n) is 1.19. The minimum atomic E-state index is -3.88. The first kappa shape index (κ1) is 13.4. The van der Waals surface area contributed by atoms with Crippen LogP contribution < -0.4 is 11.5 Å². The largest absolute Gasteiger partial charge is 0.370 e. The van der Waals surface area contributed by atoms with Crippen LogP contribution in [0.3, 0.4) is 0 Å². The Morgan fingerprint density at radius 1 is 1.27 bits per heavy atom. The first-order valence-electron chi connectivity index (χ1n) is 3.90. The van der Waals surface area contributed by atoms with Crippen molar-refractivity contribution in [2.75, 3.05) is 0 Å². The zero-order valence-corrected chi connectivity index (χ0v) is 8.74. The molecule has 0 amide bonds. The normalized spacial score (nSPS) is 9.93. The van der Waals surface area contributed by atoms with Gasteiger partial charge in [-0.2, -0.15) is 8.42 Å². The van der Waals surface area contributed by atoms with E-state index in [-0.39, 0.29) is 11.7 Å². The number of benzene rings is 1. The fourth-order valence-corrected chi connectivity index (χ4v) is 1.40. The van der Waals surface area contributed by atoms with Crippen LogP contribution >= 0.6 is 0 Å². The molecule has 1 rings (SSSR count). The molecule has 0 bridgehead atoms. The van der Waals surface area contributed by atoms with Crippen molar-refractivity contribution >= 4 is 16.1 Å². The van der Waals surface area contributed by atoms with Crippen molar-refractivity contribution in [1.29, 1.82) is 5.41 Å². The molecule has 0 spiro atoms. The third-order valence-corrected chi connectivity index (χ3v) is 1.89. The lowest BCUT2D eigenvalue weighted by atomic mass is 10.2. The predicted octanol–water partition coefficient (Wildman–Crippen LogP) is -0.0870. The van der Waals surface area contributed by atoms with Gasteiger partial charge in [-0.05, 0) is 5.56 Å². The van der Waals surface area contributed by atoms with Gasteiger partial charge in [-0.25, -0.2) is 0 Å². The summed E-state index contributed by atoms with van der Waals surface area (Å²) in [5, 5.41) is 6.06. The molecule has 0 fully saturated rings. The first-order valence-corrected chi connectivity index (χ1v) is 5.51. The smallest absolute Gasteiger partial charge is 0.269 e. The summed E-state index contributed by atoms with van der Waals surface area (Å²) >= 11 is 0. The SMILES string of the molecule is N=C(N)N.O=S(=O)(O)Cc1ccccc1. The molecular formula is C8H13N3O3S. The maximum absolute atomic E-state index is 10.4. The van der Waals surface area contributed by atoms with Crippen LogP contribution in [0.5, 0.6) is 0 Å². The van der Waals surface area contributed by atoms with Crippen molar-refractivity contribution < 1.29 is 13.0 Å². The molecule has 0 heterocycles. The van der Waals surface area contributed by atoms with Crippen molar-refractivity contribution in [3.63, 3.8) is 0 Å². The molecule has 0 atom stereocenters. The minimum Gasteiger partial charge on any atom is -0.370 e. The number of hydrogen-bond donors (Lipinski definition) is 4. The number of rotatable bonds is 2. The molecule has 0 radical (unpaired) electrons. The number of hydrogen-bond acceptors (Lipinski definition) is 3. The fraction of sp³-hybridized carbons (Fsp3) is 0.125. The van der Waals surface area contributed by atoms with Crippen molar-refractivity contribution in [2.24, 2.45) is 11.5 Å². The van der Waals surface area contributed by atoms with E-state index < -0.39 is 10.1 Å². The zero-order chi connectivity index (χ0) is 11.9. The lowest BCUT2D eigenvalue weighted by Crippen LogP contribution is -2.20. The molecule has 0 unspecified atom stereocenters. The van der Waals surface area contributed by atoms with E-state index in [1.54, 1.807) is 30.3 Å².